The second-order valence-electron chi connectivity index (χ2n) is 6.38. The number of guanidine groups is 1. The van der Waals surface area contributed by atoms with Crippen molar-refractivity contribution in [2.24, 2.45) is 4.99 Å². The second kappa shape index (κ2) is 11.2. The molecular weight excluding hydrogens is 527 g/mol. The molecule has 1 N–H and O–H groups in total. The van der Waals surface area contributed by atoms with Crippen molar-refractivity contribution < 1.29 is 12.9 Å². The van der Waals surface area contributed by atoms with Crippen LogP contribution < -0.4 is 5.32 Å². The van der Waals surface area contributed by atoms with E-state index in [4.69, 9.17) is 9.52 Å². The molecule has 0 aromatic carbocycles. The second-order valence-corrected chi connectivity index (χ2v) is 9.55. The summed E-state index contributed by atoms with van der Waals surface area (Å²) in [4.78, 5) is 12.4. The van der Waals surface area contributed by atoms with Crippen LogP contribution in [-0.4, -0.2) is 66.4 Å². The van der Waals surface area contributed by atoms with Crippen molar-refractivity contribution in [3.05, 3.63) is 34.1 Å². The van der Waals surface area contributed by atoms with Crippen molar-refractivity contribution in [1.82, 2.24) is 24.7 Å². The van der Waals surface area contributed by atoms with Gasteiger partial charge in [0.25, 0.3) is 0 Å². The minimum Gasteiger partial charge on any atom is -0.364 e. The fourth-order valence-corrected chi connectivity index (χ4v) is 5.13. The molecule has 1 aliphatic heterocycles. The standard InChI is InChI=1S/C17H26N6O3S2.HI/c1-3-15-11-19-16(27-15)12-20-17(18-4-2)22-6-8-23(9-7-22)28(24,25)13-14-5-10-26-21-14;/h5,10-11H,3-4,6-9,12-13H2,1-2H3,(H,18,20);1H. The fraction of sp³-hybridized carbons (Fsp3) is 0.588. The van der Waals surface area contributed by atoms with E-state index in [1.807, 2.05) is 13.1 Å². The van der Waals surface area contributed by atoms with Gasteiger partial charge in [0, 0.05) is 49.9 Å². The molecule has 0 radical (unpaired) electrons. The van der Waals surface area contributed by atoms with Gasteiger partial charge in [-0.15, -0.1) is 35.3 Å². The SMILES string of the molecule is CCNC(=NCc1ncc(CC)s1)N1CCN(S(=O)(=O)Cc2ccon2)CC1.I. The molecule has 1 aliphatic rings. The molecule has 0 amide bonds. The highest BCUT2D eigenvalue weighted by Gasteiger charge is 2.29. The molecule has 9 nitrogen and oxygen atoms in total. The Morgan fingerprint density at radius 3 is 2.66 bits per heavy atom. The largest absolute Gasteiger partial charge is 0.364 e. The molecule has 0 aliphatic carbocycles. The first-order valence-corrected chi connectivity index (χ1v) is 11.8. The van der Waals surface area contributed by atoms with Crippen molar-refractivity contribution >= 4 is 51.3 Å². The van der Waals surface area contributed by atoms with Gasteiger partial charge >= 0.3 is 0 Å². The average Bonchev–Trinajstić information content (AvgIpc) is 3.36. The molecule has 0 atom stereocenters. The van der Waals surface area contributed by atoms with Crippen molar-refractivity contribution in [3.8, 4) is 0 Å². The molecule has 0 saturated carbocycles. The van der Waals surface area contributed by atoms with E-state index >= 15 is 0 Å². The van der Waals surface area contributed by atoms with Crippen LogP contribution in [0, 0.1) is 0 Å². The lowest BCUT2D eigenvalue weighted by molar-refractivity contribution is 0.259. The maximum absolute atomic E-state index is 12.6. The van der Waals surface area contributed by atoms with Gasteiger partial charge in [-0.05, 0) is 13.3 Å². The Kier molecular flexibility index (Phi) is 9.30. The van der Waals surface area contributed by atoms with Gasteiger partial charge in [0.1, 0.15) is 17.0 Å². The Labute approximate surface area is 192 Å². The number of aliphatic imine (C=N–C) groups is 1. The number of thiazole rings is 1. The zero-order valence-electron chi connectivity index (χ0n) is 16.6. The molecule has 1 fully saturated rings. The summed E-state index contributed by atoms with van der Waals surface area (Å²) in [6.45, 7) is 7.42. The quantitative estimate of drug-likeness (QED) is 0.317. The molecule has 0 spiro atoms. The summed E-state index contributed by atoms with van der Waals surface area (Å²) in [5.41, 5.74) is 0.423. The van der Waals surface area contributed by atoms with Crippen molar-refractivity contribution in [2.45, 2.75) is 32.6 Å². The summed E-state index contributed by atoms with van der Waals surface area (Å²) in [6, 6.07) is 1.58. The van der Waals surface area contributed by atoms with Crippen LogP contribution in [0.5, 0.6) is 0 Å². The number of aryl methyl sites for hydroxylation is 1. The van der Waals surface area contributed by atoms with Gasteiger partial charge in [0.2, 0.25) is 10.0 Å². The first-order valence-electron chi connectivity index (χ1n) is 9.35. The lowest BCUT2D eigenvalue weighted by atomic mass is 10.4. The minimum absolute atomic E-state index is 0. The Morgan fingerprint density at radius 1 is 1.31 bits per heavy atom. The van der Waals surface area contributed by atoms with Crippen LogP contribution in [-0.2, 0) is 28.7 Å². The summed E-state index contributed by atoms with van der Waals surface area (Å²) >= 11 is 1.68. The molecule has 3 heterocycles. The zero-order chi connectivity index (χ0) is 20.0. The number of nitrogens with zero attached hydrogens (tertiary/aromatic N) is 5. The number of hydrogen-bond donors (Lipinski definition) is 1. The van der Waals surface area contributed by atoms with Crippen LogP contribution >= 0.6 is 35.3 Å². The lowest BCUT2D eigenvalue weighted by Gasteiger charge is -2.35. The Morgan fingerprint density at radius 2 is 2.07 bits per heavy atom. The fourth-order valence-electron chi connectivity index (χ4n) is 2.92. The van der Waals surface area contributed by atoms with Crippen LogP contribution in [0.25, 0.3) is 0 Å². The molecule has 2 aromatic rings. The predicted octanol–water partition coefficient (Wildman–Crippen LogP) is 1.92. The van der Waals surface area contributed by atoms with E-state index in [0.29, 0.717) is 38.4 Å². The van der Waals surface area contributed by atoms with Gasteiger partial charge < -0.3 is 14.7 Å². The molecule has 3 rings (SSSR count). The molecular formula is C17H27IN6O3S2. The number of halogens is 1. The molecule has 0 unspecified atom stereocenters. The predicted molar refractivity (Wildman–Crippen MR) is 124 cm³/mol. The van der Waals surface area contributed by atoms with Gasteiger partial charge in [-0.25, -0.2) is 18.4 Å². The molecule has 2 aromatic heterocycles. The molecule has 12 heteroatoms. The molecule has 162 valence electrons. The van der Waals surface area contributed by atoms with Gasteiger partial charge in [0.15, 0.2) is 5.96 Å². The Bertz CT molecular complexity index is 877. The summed E-state index contributed by atoms with van der Waals surface area (Å²) in [7, 11) is -3.41. The topological polar surface area (TPSA) is 104 Å². The third kappa shape index (κ3) is 6.62. The maximum Gasteiger partial charge on any atom is 0.220 e. The van der Waals surface area contributed by atoms with Gasteiger partial charge in [-0.2, -0.15) is 4.31 Å². The van der Waals surface area contributed by atoms with Crippen LogP contribution in [0.2, 0.25) is 0 Å². The summed E-state index contributed by atoms with van der Waals surface area (Å²) < 4.78 is 31.4. The van der Waals surface area contributed by atoms with E-state index in [2.05, 4.69) is 27.3 Å². The lowest BCUT2D eigenvalue weighted by Crippen LogP contribution is -2.53. The van der Waals surface area contributed by atoms with Crippen molar-refractivity contribution in [2.75, 3.05) is 32.7 Å². The van der Waals surface area contributed by atoms with E-state index in [0.717, 1.165) is 23.9 Å². The van der Waals surface area contributed by atoms with E-state index < -0.39 is 10.0 Å². The number of sulfonamides is 1. The van der Waals surface area contributed by atoms with Gasteiger partial charge in [-0.3, -0.25) is 0 Å². The third-order valence-corrected chi connectivity index (χ3v) is 7.34. The average molecular weight is 554 g/mol. The summed E-state index contributed by atoms with van der Waals surface area (Å²) in [5.74, 6) is 0.658. The molecule has 1 saturated heterocycles. The van der Waals surface area contributed by atoms with Crippen LogP contribution in [0.4, 0.5) is 0 Å². The highest BCUT2D eigenvalue weighted by Crippen LogP contribution is 2.15. The number of piperazine rings is 1. The van der Waals surface area contributed by atoms with Crippen LogP contribution in [0.1, 0.15) is 29.4 Å². The number of hydrogen-bond acceptors (Lipinski definition) is 7. The van der Waals surface area contributed by atoms with Gasteiger partial charge in [0.05, 0.1) is 12.2 Å². The van der Waals surface area contributed by atoms with E-state index in [1.54, 1.807) is 17.4 Å². The number of aromatic nitrogens is 2. The summed E-state index contributed by atoms with van der Waals surface area (Å²) in [5, 5.41) is 7.98. The van der Waals surface area contributed by atoms with Crippen molar-refractivity contribution in [1.29, 1.82) is 0 Å². The van der Waals surface area contributed by atoms with E-state index in [-0.39, 0.29) is 29.7 Å². The van der Waals surface area contributed by atoms with E-state index in [9.17, 15) is 8.42 Å². The Hall–Kier alpha value is -1.25. The minimum atomic E-state index is -3.41. The highest BCUT2D eigenvalue weighted by molar-refractivity contribution is 14.0. The van der Waals surface area contributed by atoms with Crippen molar-refractivity contribution in [3.63, 3.8) is 0 Å². The van der Waals surface area contributed by atoms with Gasteiger partial charge in [-0.1, -0.05) is 12.1 Å². The first kappa shape index (κ1) is 24.0. The number of nitrogens with one attached hydrogen (secondary N) is 1. The molecule has 0 bridgehead atoms. The highest BCUT2D eigenvalue weighted by atomic mass is 127. The maximum atomic E-state index is 12.6. The number of rotatable bonds is 7. The monoisotopic (exact) mass is 554 g/mol. The normalized spacial score (nSPS) is 15.9. The zero-order valence-corrected chi connectivity index (χ0v) is 20.5. The first-order chi connectivity index (χ1) is 13.5. The molecule has 29 heavy (non-hydrogen) atoms. The third-order valence-electron chi connectivity index (χ3n) is 4.40. The summed E-state index contributed by atoms with van der Waals surface area (Å²) in [6.07, 6.45) is 4.26. The van der Waals surface area contributed by atoms with Crippen LogP contribution in [0.15, 0.2) is 28.0 Å². The van der Waals surface area contributed by atoms with E-state index in [1.165, 1.54) is 15.4 Å². The smallest absolute Gasteiger partial charge is 0.220 e. The van der Waals surface area contributed by atoms with Crippen LogP contribution in [0.3, 0.4) is 0 Å². The Balaban J connectivity index is 0.00000300.